The van der Waals surface area contributed by atoms with Crippen LogP contribution in [-0.4, -0.2) is 43.7 Å². The van der Waals surface area contributed by atoms with Gasteiger partial charge in [0, 0.05) is 40.7 Å². The molecule has 1 unspecified atom stereocenters. The fraction of sp³-hybridized carbons (Fsp3) is 0.346. The molecule has 0 amide bonds. The quantitative estimate of drug-likeness (QED) is 0.164. The lowest BCUT2D eigenvalue weighted by atomic mass is 9.56. The highest BCUT2D eigenvalue weighted by Crippen LogP contribution is 2.54. The van der Waals surface area contributed by atoms with Crippen LogP contribution in [0.25, 0.3) is 5.00 Å². The van der Waals surface area contributed by atoms with Gasteiger partial charge in [-0.2, -0.15) is 0 Å². The van der Waals surface area contributed by atoms with Crippen LogP contribution in [0.15, 0.2) is 119 Å². The maximum Gasteiger partial charge on any atom is 0.196 e. The van der Waals surface area contributed by atoms with Crippen LogP contribution in [0.4, 0.5) is 5.69 Å². The molecule has 61 heavy (non-hydrogen) atoms. The number of piperidine rings is 1. The molecule has 4 aromatic carbocycles. The number of hydrogen-bond acceptors (Lipinski definition) is 8. The number of phenolic OH excluding ortho intramolecular Hbond substituents is 1. The van der Waals surface area contributed by atoms with Gasteiger partial charge in [0.15, 0.2) is 11.7 Å². The van der Waals surface area contributed by atoms with Crippen LogP contribution in [0, 0.1) is 32.1 Å². The molecule has 2 aliphatic carbocycles. The highest BCUT2D eigenvalue weighted by Gasteiger charge is 2.45. The molecule has 1 saturated carbocycles. The molecular weight excluding hydrogens is 773 g/mol. The Morgan fingerprint density at radius 1 is 0.852 bits per heavy atom. The summed E-state index contributed by atoms with van der Waals surface area (Å²) in [6.07, 6.45) is 12.2. The van der Waals surface area contributed by atoms with Crippen molar-refractivity contribution in [3.63, 3.8) is 0 Å². The predicted octanol–water partition coefficient (Wildman–Crippen LogP) is 11.2. The molecule has 3 aromatic heterocycles. The van der Waals surface area contributed by atoms with Crippen LogP contribution in [-0.2, 0) is 19.3 Å². The summed E-state index contributed by atoms with van der Waals surface area (Å²) in [5, 5.41) is 20.5. The van der Waals surface area contributed by atoms with Crippen molar-refractivity contribution in [2.24, 2.45) is 16.3 Å². The van der Waals surface area contributed by atoms with Crippen LogP contribution in [0.3, 0.4) is 0 Å². The smallest absolute Gasteiger partial charge is 0.196 e. The van der Waals surface area contributed by atoms with Gasteiger partial charge in [0.25, 0.3) is 0 Å². The van der Waals surface area contributed by atoms with Gasteiger partial charge in [-0.1, -0.05) is 72.8 Å². The maximum absolute atomic E-state index is 10.3. The molecule has 7 aromatic rings. The highest BCUT2D eigenvalue weighted by molar-refractivity contribution is 7.15. The minimum Gasteiger partial charge on any atom is -0.508 e. The topological polar surface area (TPSA) is 92.6 Å². The Labute approximate surface area is 362 Å². The van der Waals surface area contributed by atoms with Crippen LogP contribution in [0.2, 0.25) is 0 Å². The van der Waals surface area contributed by atoms with E-state index in [1.807, 2.05) is 19.1 Å². The van der Waals surface area contributed by atoms with Gasteiger partial charge < -0.3 is 14.4 Å². The van der Waals surface area contributed by atoms with E-state index >= 15 is 0 Å². The Morgan fingerprint density at radius 2 is 1.64 bits per heavy atom. The van der Waals surface area contributed by atoms with Gasteiger partial charge in [-0.15, -0.1) is 21.5 Å². The minimum atomic E-state index is -0.268. The lowest BCUT2D eigenvalue weighted by Gasteiger charge is -2.53. The number of aliphatic imine (C=N–C) groups is 1. The Kier molecular flexibility index (Phi) is 9.55. The summed E-state index contributed by atoms with van der Waals surface area (Å²) >= 11 is 1.79. The zero-order chi connectivity index (χ0) is 41.2. The van der Waals surface area contributed by atoms with E-state index in [0.717, 1.165) is 66.2 Å². The predicted molar refractivity (Wildman–Crippen MR) is 243 cm³/mol. The lowest BCUT2D eigenvalue weighted by Crippen LogP contribution is -2.47. The van der Waals surface area contributed by atoms with E-state index in [2.05, 4.69) is 123 Å². The third-order valence-corrected chi connectivity index (χ3v) is 15.7. The van der Waals surface area contributed by atoms with Gasteiger partial charge >= 0.3 is 0 Å². The number of aryl methyl sites for hydroxylation is 3. The van der Waals surface area contributed by atoms with Crippen molar-refractivity contribution in [1.29, 1.82) is 0 Å². The molecular formula is C52H52N6O2S. The number of phenols is 1. The molecule has 1 spiro atoms. The van der Waals surface area contributed by atoms with Crippen LogP contribution in [0.1, 0.15) is 117 Å². The Balaban J connectivity index is 0.752. The number of rotatable bonds is 8. The summed E-state index contributed by atoms with van der Waals surface area (Å²) in [5.74, 6) is 4.13. The first-order valence-corrected chi connectivity index (χ1v) is 22.9. The van der Waals surface area contributed by atoms with Gasteiger partial charge in [-0.3, -0.25) is 9.56 Å². The van der Waals surface area contributed by atoms with Gasteiger partial charge in [0.1, 0.15) is 28.9 Å². The number of benzene rings is 4. The average molecular weight is 825 g/mol. The fourth-order valence-electron chi connectivity index (χ4n) is 11.3. The van der Waals surface area contributed by atoms with Crippen molar-refractivity contribution in [2.75, 3.05) is 18.0 Å². The SMILES string of the molecule is Cc1sc2c(c1C)C(c1ccc(CC3CC4(CCN(c5ccc([C@@H]6c7ccc(O)cc7CC[C@@H]6c6ccccc6)cc5)CC4)C3)cc1)=NC(Cc1ncco1)c1nnc(C)n1-2. The second-order valence-corrected chi connectivity index (χ2v) is 19.4. The number of anilines is 1. The molecule has 8 nitrogen and oxygen atoms in total. The van der Waals surface area contributed by atoms with Crippen molar-refractivity contribution < 1.29 is 9.52 Å². The first kappa shape index (κ1) is 38.1. The standard InChI is InChI=1S/C52H52N6O2S/c1-32-33(2)61-51-47(32)49(54-45(29-46-53-23-26-60-46)50-56-55-34(3)58(50)51)39-11-9-35(10-12-39)27-36-30-52(31-36)21-24-57(25-22-52)41-16-13-38(14-17-41)48-43(37-7-5-4-6-8-37)19-15-40-28-42(59)18-20-44(40)48/h4-14,16-18,20,23,26,28,36,43,45,48,59H,15,19,21-22,24-25,27,29-31H2,1-3H3/t43-,45?,48+/m1/s1. The normalized spacial score (nSPS) is 20.7. The molecule has 1 saturated heterocycles. The molecule has 11 rings (SSSR count). The molecule has 2 aliphatic heterocycles. The van der Waals surface area contributed by atoms with Crippen molar-refractivity contribution >= 4 is 22.7 Å². The summed E-state index contributed by atoms with van der Waals surface area (Å²) in [4.78, 5) is 13.8. The number of oxazole rings is 1. The average Bonchev–Trinajstić information content (AvgIpc) is 3.99. The van der Waals surface area contributed by atoms with Crippen molar-refractivity contribution in [3.05, 3.63) is 176 Å². The number of thiophene rings is 1. The molecule has 5 heterocycles. The van der Waals surface area contributed by atoms with E-state index in [0.29, 0.717) is 29.4 Å². The summed E-state index contributed by atoms with van der Waals surface area (Å²) in [5.41, 5.74) is 13.2. The van der Waals surface area contributed by atoms with E-state index in [9.17, 15) is 5.11 Å². The Morgan fingerprint density at radius 3 is 2.39 bits per heavy atom. The molecule has 308 valence electrons. The van der Waals surface area contributed by atoms with Gasteiger partial charge in [-0.25, -0.2) is 4.98 Å². The second-order valence-electron chi connectivity index (χ2n) is 18.2. The zero-order valence-corrected chi connectivity index (χ0v) is 36.0. The highest BCUT2D eigenvalue weighted by atomic mass is 32.1. The zero-order valence-electron chi connectivity index (χ0n) is 35.2. The van der Waals surface area contributed by atoms with E-state index in [1.54, 1.807) is 23.8 Å². The van der Waals surface area contributed by atoms with Crippen LogP contribution < -0.4 is 4.90 Å². The summed E-state index contributed by atoms with van der Waals surface area (Å²) < 4.78 is 7.88. The molecule has 1 N–H and O–H groups in total. The summed E-state index contributed by atoms with van der Waals surface area (Å²) in [7, 11) is 0. The summed E-state index contributed by atoms with van der Waals surface area (Å²) in [6.45, 7) is 8.67. The number of nitrogens with zero attached hydrogens (tertiary/aromatic N) is 6. The summed E-state index contributed by atoms with van der Waals surface area (Å²) in [6, 6.07) is 35.4. The fourth-order valence-corrected chi connectivity index (χ4v) is 12.5. The second kappa shape index (κ2) is 15.3. The number of hydrogen-bond donors (Lipinski definition) is 1. The molecule has 4 aliphatic rings. The first-order chi connectivity index (χ1) is 29.8. The molecule has 9 heteroatoms. The van der Waals surface area contributed by atoms with Gasteiger partial charge in [0.2, 0.25) is 0 Å². The largest absolute Gasteiger partial charge is 0.508 e. The van der Waals surface area contributed by atoms with Gasteiger partial charge in [-0.05, 0) is 141 Å². The first-order valence-electron chi connectivity index (χ1n) is 22.1. The molecule has 3 atom stereocenters. The van der Waals surface area contributed by atoms with Crippen LogP contribution >= 0.6 is 11.3 Å². The monoisotopic (exact) mass is 824 g/mol. The van der Waals surface area contributed by atoms with E-state index in [-0.39, 0.29) is 12.0 Å². The Hall–Kier alpha value is -5.80. The lowest BCUT2D eigenvalue weighted by molar-refractivity contribution is 0.0283. The van der Waals surface area contributed by atoms with Gasteiger partial charge in [0.05, 0.1) is 18.3 Å². The van der Waals surface area contributed by atoms with E-state index in [4.69, 9.17) is 9.41 Å². The Bertz CT molecular complexity index is 2720. The molecule has 0 bridgehead atoms. The number of aromatic hydroxyl groups is 1. The van der Waals surface area contributed by atoms with E-state index < -0.39 is 0 Å². The van der Waals surface area contributed by atoms with E-state index in [1.165, 1.54) is 75.2 Å². The van der Waals surface area contributed by atoms with Crippen molar-refractivity contribution in [1.82, 2.24) is 19.7 Å². The van der Waals surface area contributed by atoms with Crippen molar-refractivity contribution in [2.45, 2.75) is 90.0 Å². The third-order valence-electron chi connectivity index (χ3n) is 14.5. The molecule has 2 fully saturated rings. The van der Waals surface area contributed by atoms with Crippen LogP contribution in [0.5, 0.6) is 5.75 Å². The van der Waals surface area contributed by atoms with Crippen molar-refractivity contribution in [3.8, 4) is 10.8 Å². The third kappa shape index (κ3) is 6.91. The minimum absolute atomic E-state index is 0.268. The number of aromatic nitrogens is 4. The molecule has 0 radical (unpaired) electrons. The maximum atomic E-state index is 10.3. The number of fused-ring (bicyclic) bond motifs is 4.